The number of hydrogen-bond donors (Lipinski definition) is 0. The molecule has 24 heavy (non-hydrogen) atoms. The largest absolute Gasteiger partial charge is 0.298 e. The van der Waals surface area contributed by atoms with E-state index in [4.69, 9.17) is 0 Å². The fraction of sp³-hybridized carbons (Fsp3) is 0.200. The summed E-state index contributed by atoms with van der Waals surface area (Å²) in [7, 11) is 0. The molecule has 0 unspecified atom stereocenters. The number of aldehydes is 1. The number of hydrogen-bond acceptors (Lipinski definition) is 2. The monoisotopic (exact) mass is 382 g/mol. The van der Waals surface area contributed by atoms with Gasteiger partial charge in [-0.15, -0.1) is 0 Å². The number of carbonyl (C=O) groups excluding carboxylic acids is 1. The molecular weight excluding hydrogens is 364 g/mol. The molecule has 0 saturated heterocycles. The molecule has 3 rings (SSSR count). The van der Waals surface area contributed by atoms with Crippen molar-refractivity contribution in [3.05, 3.63) is 70.3 Å². The summed E-state index contributed by atoms with van der Waals surface area (Å²) in [6.07, 6.45) is 0.851. The first-order valence-corrected chi connectivity index (χ1v) is 8.61. The van der Waals surface area contributed by atoms with Gasteiger partial charge >= 0.3 is 0 Å². The molecule has 3 nitrogen and oxygen atoms in total. The maximum absolute atomic E-state index is 11.6. The summed E-state index contributed by atoms with van der Waals surface area (Å²) in [6, 6.07) is 18.0. The first kappa shape index (κ1) is 16.7. The van der Waals surface area contributed by atoms with E-state index in [1.54, 1.807) is 4.68 Å². The minimum absolute atomic E-state index is 0.0933. The number of nitrogens with zero attached hydrogens (tertiary/aromatic N) is 2. The molecule has 0 radical (unpaired) electrons. The molecule has 0 N–H and O–H groups in total. The highest BCUT2D eigenvalue weighted by atomic mass is 79.9. The van der Waals surface area contributed by atoms with Crippen molar-refractivity contribution in [1.29, 1.82) is 0 Å². The van der Waals surface area contributed by atoms with Gasteiger partial charge in [0.15, 0.2) is 6.29 Å². The number of halogens is 1. The fourth-order valence-corrected chi connectivity index (χ4v) is 3.16. The molecule has 1 aromatic heterocycles. The molecule has 0 amide bonds. The van der Waals surface area contributed by atoms with Crippen LogP contribution >= 0.6 is 15.9 Å². The Kier molecular flexibility index (Phi) is 4.41. The van der Waals surface area contributed by atoms with Crippen LogP contribution in [0.5, 0.6) is 0 Å². The molecule has 1 heterocycles. The second kappa shape index (κ2) is 6.36. The van der Waals surface area contributed by atoms with Crippen LogP contribution in [0.2, 0.25) is 0 Å². The maximum atomic E-state index is 11.6. The SMILES string of the molecule is CC(C)(C)c1ccc(-c2nn(-c3ccccc3)c(Br)c2C=O)cc1. The lowest BCUT2D eigenvalue weighted by atomic mass is 9.86. The van der Waals surface area contributed by atoms with Gasteiger partial charge in [-0.3, -0.25) is 4.79 Å². The highest BCUT2D eigenvalue weighted by Gasteiger charge is 2.19. The van der Waals surface area contributed by atoms with E-state index in [2.05, 4.69) is 53.9 Å². The third-order valence-corrected chi connectivity index (χ3v) is 4.77. The molecule has 0 saturated carbocycles. The lowest BCUT2D eigenvalue weighted by Crippen LogP contribution is -2.10. The van der Waals surface area contributed by atoms with Crippen LogP contribution in [0, 0.1) is 0 Å². The van der Waals surface area contributed by atoms with Crippen molar-refractivity contribution in [2.24, 2.45) is 0 Å². The summed E-state index contributed by atoms with van der Waals surface area (Å²) in [5.41, 5.74) is 4.42. The Balaban J connectivity index is 2.10. The highest BCUT2D eigenvalue weighted by molar-refractivity contribution is 9.10. The van der Waals surface area contributed by atoms with Gasteiger partial charge in [0.1, 0.15) is 10.3 Å². The molecular formula is C20H19BrN2O. The van der Waals surface area contributed by atoms with Gasteiger partial charge in [0.25, 0.3) is 0 Å². The Morgan fingerprint density at radius 1 is 1.00 bits per heavy atom. The zero-order valence-electron chi connectivity index (χ0n) is 14.0. The smallest absolute Gasteiger partial charge is 0.155 e. The van der Waals surface area contributed by atoms with Gasteiger partial charge in [-0.25, -0.2) is 4.68 Å². The van der Waals surface area contributed by atoms with E-state index < -0.39 is 0 Å². The predicted octanol–water partition coefficient (Wildman–Crippen LogP) is 5.41. The summed E-state index contributed by atoms with van der Waals surface area (Å²) in [5.74, 6) is 0. The maximum Gasteiger partial charge on any atom is 0.155 e. The second-order valence-corrected chi connectivity index (χ2v) is 7.50. The molecule has 0 bridgehead atoms. The standard InChI is InChI=1S/C20H19BrN2O/c1-20(2,3)15-11-9-14(10-12-15)18-17(13-24)19(21)23(22-18)16-7-5-4-6-8-16/h4-13H,1-3H3. The topological polar surface area (TPSA) is 34.9 Å². The molecule has 0 fully saturated rings. The van der Waals surface area contributed by atoms with E-state index in [1.165, 1.54) is 5.56 Å². The molecule has 0 aliphatic rings. The van der Waals surface area contributed by atoms with Crippen LogP contribution in [0.3, 0.4) is 0 Å². The van der Waals surface area contributed by atoms with Gasteiger partial charge in [0, 0.05) is 5.56 Å². The molecule has 4 heteroatoms. The average Bonchev–Trinajstić information content (AvgIpc) is 2.91. The Morgan fingerprint density at radius 3 is 2.17 bits per heavy atom. The van der Waals surface area contributed by atoms with Crippen LogP contribution in [0.1, 0.15) is 36.7 Å². The number of rotatable bonds is 3. The van der Waals surface area contributed by atoms with E-state index in [9.17, 15) is 4.79 Å². The first-order chi connectivity index (χ1) is 11.4. The Bertz CT molecular complexity index is 859. The lowest BCUT2D eigenvalue weighted by Gasteiger charge is -2.18. The van der Waals surface area contributed by atoms with Crippen molar-refractivity contribution < 1.29 is 4.79 Å². The van der Waals surface area contributed by atoms with Crippen molar-refractivity contribution in [2.45, 2.75) is 26.2 Å². The van der Waals surface area contributed by atoms with Gasteiger partial charge < -0.3 is 0 Å². The van der Waals surface area contributed by atoms with Crippen LogP contribution in [0.15, 0.2) is 59.2 Å². The normalized spacial score (nSPS) is 11.5. The third kappa shape index (κ3) is 3.06. The zero-order valence-corrected chi connectivity index (χ0v) is 15.5. The van der Waals surface area contributed by atoms with E-state index in [1.807, 2.05) is 42.5 Å². The minimum Gasteiger partial charge on any atom is -0.298 e. The quantitative estimate of drug-likeness (QED) is 0.567. The summed E-state index contributed by atoms with van der Waals surface area (Å²) in [5, 5.41) is 4.65. The Labute approximate surface area is 150 Å². The van der Waals surface area contributed by atoms with Crippen molar-refractivity contribution in [3.63, 3.8) is 0 Å². The van der Waals surface area contributed by atoms with Gasteiger partial charge in [-0.2, -0.15) is 5.10 Å². The highest BCUT2D eigenvalue weighted by Crippen LogP contribution is 2.31. The molecule has 0 spiro atoms. The van der Waals surface area contributed by atoms with Gasteiger partial charge in [0.2, 0.25) is 0 Å². The van der Waals surface area contributed by atoms with Crippen LogP contribution in [0.4, 0.5) is 0 Å². The molecule has 122 valence electrons. The van der Waals surface area contributed by atoms with E-state index in [0.29, 0.717) is 15.9 Å². The van der Waals surface area contributed by atoms with Gasteiger partial charge in [-0.05, 0) is 39.0 Å². The molecule has 0 atom stereocenters. The van der Waals surface area contributed by atoms with Crippen LogP contribution in [-0.4, -0.2) is 16.1 Å². The number of benzene rings is 2. The number of para-hydroxylation sites is 1. The Hall–Kier alpha value is -2.20. The van der Waals surface area contributed by atoms with Crippen LogP contribution < -0.4 is 0 Å². The van der Waals surface area contributed by atoms with Crippen molar-refractivity contribution in [3.8, 4) is 16.9 Å². The molecule has 0 aliphatic carbocycles. The van der Waals surface area contributed by atoms with Crippen molar-refractivity contribution >= 4 is 22.2 Å². The first-order valence-electron chi connectivity index (χ1n) is 7.82. The van der Waals surface area contributed by atoms with Crippen molar-refractivity contribution in [2.75, 3.05) is 0 Å². The van der Waals surface area contributed by atoms with Gasteiger partial charge in [-0.1, -0.05) is 63.2 Å². The van der Waals surface area contributed by atoms with Crippen molar-refractivity contribution in [1.82, 2.24) is 9.78 Å². The van der Waals surface area contributed by atoms with E-state index in [-0.39, 0.29) is 5.41 Å². The zero-order chi connectivity index (χ0) is 17.3. The molecule has 0 aliphatic heterocycles. The summed E-state index contributed by atoms with van der Waals surface area (Å²) < 4.78 is 2.41. The lowest BCUT2D eigenvalue weighted by molar-refractivity contribution is 0.112. The number of carbonyl (C=O) groups is 1. The number of aromatic nitrogens is 2. The summed E-state index contributed by atoms with van der Waals surface area (Å²) in [6.45, 7) is 6.54. The molecule has 2 aromatic carbocycles. The minimum atomic E-state index is 0.0933. The average molecular weight is 383 g/mol. The Morgan fingerprint density at radius 2 is 1.62 bits per heavy atom. The van der Waals surface area contributed by atoms with E-state index >= 15 is 0 Å². The summed E-state index contributed by atoms with van der Waals surface area (Å²) in [4.78, 5) is 11.6. The third-order valence-electron chi connectivity index (χ3n) is 4.01. The molecule has 3 aromatic rings. The second-order valence-electron chi connectivity index (χ2n) is 6.75. The van der Waals surface area contributed by atoms with Gasteiger partial charge in [0.05, 0.1) is 11.3 Å². The van der Waals surface area contributed by atoms with E-state index in [0.717, 1.165) is 17.5 Å². The summed E-state index contributed by atoms with van der Waals surface area (Å²) >= 11 is 3.51. The van der Waals surface area contributed by atoms with Crippen LogP contribution in [0.25, 0.3) is 16.9 Å². The predicted molar refractivity (Wildman–Crippen MR) is 101 cm³/mol. The fourth-order valence-electron chi connectivity index (χ4n) is 2.60. The van der Waals surface area contributed by atoms with Crippen LogP contribution in [-0.2, 0) is 5.41 Å².